The fourth-order valence-corrected chi connectivity index (χ4v) is 3.45. The molecule has 21 heavy (non-hydrogen) atoms. The highest BCUT2D eigenvalue weighted by Gasteiger charge is 2.20. The van der Waals surface area contributed by atoms with Gasteiger partial charge >= 0.3 is 5.97 Å². The molecule has 0 radical (unpaired) electrons. The Kier molecular flexibility index (Phi) is 5.58. The van der Waals surface area contributed by atoms with Crippen molar-refractivity contribution in [2.45, 2.75) is 57.1 Å². The smallest absolute Gasteiger partial charge is 0.340 e. The van der Waals surface area contributed by atoms with Crippen molar-refractivity contribution in [2.24, 2.45) is 0 Å². The van der Waals surface area contributed by atoms with E-state index < -0.39 is 5.97 Å². The Hall–Kier alpha value is -1.14. The zero-order chi connectivity index (χ0) is 15.4. The molecular weight excluding hydrogens is 288 g/mol. The van der Waals surface area contributed by atoms with Crippen LogP contribution in [-0.4, -0.2) is 39.5 Å². The third-order valence-corrected chi connectivity index (χ3v) is 4.52. The van der Waals surface area contributed by atoms with Gasteiger partial charge in [0.05, 0.1) is 11.8 Å². The molecule has 1 aliphatic rings. The predicted octanol–water partition coefficient (Wildman–Crippen LogP) is 3.27. The largest absolute Gasteiger partial charge is 0.478 e. The third kappa shape index (κ3) is 4.17. The van der Waals surface area contributed by atoms with Gasteiger partial charge < -0.3 is 9.84 Å². The lowest BCUT2D eigenvalue weighted by atomic mass is 10.2. The average molecular weight is 310 g/mol. The highest BCUT2D eigenvalue weighted by atomic mass is 32.2. The van der Waals surface area contributed by atoms with Gasteiger partial charge in [0.15, 0.2) is 0 Å². The van der Waals surface area contributed by atoms with Crippen LogP contribution in [0, 0.1) is 6.92 Å². The number of hydrogen-bond donors (Lipinski definition) is 1. The van der Waals surface area contributed by atoms with Gasteiger partial charge in [0.2, 0.25) is 0 Å². The maximum atomic E-state index is 11.4. The summed E-state index contributed by atoms with van der Waals surface area (Å²) >= 11 is 1.50. The minimum atomic E-state index is -0.956. The Morgan fingerprint density at radius 3 is 2.81 bits per heavy atom. The molecule has 1 atom stereocenters. The van der Waals surface area contributed by atoms with Crippen LogP contribution >= 0.6 is 11.8 Å². The van der Waals surface area contributed by atoms with Gasteiger partial charge in [0.1, 0.15) is 16.4 Å². The number of aromatic carboxylic acids is 1. The van der Waals surface area contributed by atoms with Gasteiger partial charge in [-0.1, -0.05) is 13.8 Å². The second-order valence-corrected chi connectivity index (χ2v) is 6.66. The highest BCUT2D eigenvalue weighted by Crippen LogP contribution is 2.27. The lowest BCUT2D eigenvalue weighted by molar-refractivity contribution is 0.0690. The Balaban J connectivity index is 2.12. The van der Waals surface area contributed by atoms with Gasteiger partial charge in [0, 0.05) is 18.3 Å². The molecular formula is C15H22N2O3S. The number of nitrogens with zero attached hydrogens (tertiary/aromatic N) is 2. The quantitative estimate of drug-likeness (QED) is 0.642. The van der Waals surface area contributed by atoms with E-state index in [2.05, 4.69) is 9.97 Å². The Morgan fingerprint density at radius 2 is 2.24 bits per heavy atom. The molecule has 116 valence electrons. The first-order valence-corrected chi connectivity index (χ1v) is 8.33. The third-order valence-electron chi connectivity index (χ3n) is 3.51. The molecule has 2 heterocycles. The van der Waals surface area contributed by atoms with Crippen molar-refractivity contribution in [3.05, 3.63) is 17.1 Å². The number of carbonyl (C=O) groups is 1. The van der Waals surface area contributed by atoms with Crippen LogP contribution in [0.4, 0.5) is 0 Å². The number of aryl methyl sites for hydroxylation is 1. The molecule has 1 N–H and O–H groups in total. The van der Waals surface area contributed by atoms with Crippen LogP contribution in [0.5, 0.6) is 0 Å². The summed E-state index contributed by atoms with van der Waals surface area (Å²) in [6.45, 7) is 6.60. The molecule has 0 amide bonds. The fraction of sp³-hybridized carbons (Fsp3) is 0.667. The molecule has 0 bridgehead atoms. The summed E-state index contributed by atoms with van der Waals surface area (Å²) < 4.78 is 5.59. The summed E-state index contributed by atoms with van der Waals surface area (Å²) in [7, 11) is 0. The molecule has 1 saturated heterocycles. The molecule has 2 rings (SSSR count). The van der Waals surface area contributed by atoms with E-state index in [-0.39, 0.29) is 11.5 Å². The van der Waals surface area contributed by atoms with E-state index in [4.69, 9.17) is 4.74 Å². The van der Waals surface area contributed by atoms with Crippen molar-refractivity contribution in [3.8, 4) is 0 Å². The van der Waals surface area contributed by atoms with Crippen molar-refractivity contribution in [1.29, 1.82) is 0 Å². The summed E-state index contributed by atoms with van der Waals surface area (Å²) in [5, 5.41) is 9.95. The lowest BCUT2D eigenvalue weighted by Crippen LogP contribution is -2.11. The Labute approximate surface area is 129 Å². The van der Waals surface area contributed by atoms with Crippen LogP contribution in [0.3, 0.4) is 0 Å². The van der Waals surface area contributed by atoms with E-state index >= 15 is 0 Å². The number of carboxylic acids is 1. The van der Waals surface area contributed by atoms with Crippen LogP contribution in [0.25, 0.3) is 0 Å². The maximum absolute atomic E-state index is 11.4. The topological polar surface area (TPSA) is 72.3 Å². The van der Waals surface area contributed by atoms with E-state index in [1.807, 2.05) is 13.8 Å². The van der Waals surface area contributed by atoms with Crippen molar-refractivity contribution in [3.63, 3.8) is 0 Å². The number of carboxylic acid groups (broad SMARTS) is 1. The summed E-state index contributed by atoms with van der Waals surface area (Å²) in [6.07, 6.45) is 3.48. The number of rotatable bonds is 6. The second kappa shape index (κ2) is 7.22. The van der Waals surface area contributed by atoms with Gasteiger partial charge in [-0.3, -0.25) is 0 Å². The van der Waals surface area contributed by atoms with Crippen molar-refractivity contribution in [2.75, 3.05) is 12.4 Å². The van der Waals surface area contributed by atoms with E-state index in [1.54, 1.807) is 6.92 Å². The molecule has 1 unspecified atom stereocenters. The van der Waals surface area contributed by atoms with E-state index in [1.165, 1.54) is 11.8 Å². The van der Waals surface area contributed by atoms with E-state index in [9.17, 15) is 9.90 Å². The van der Waals surface area contributed by atoms with Crippen molar-refractivity contribution >= 4 is 17.7 Å². The molecule has 0 spiro atoms. The average Bonchev–Trinajstić information content (AvgIpc) is 2.90. The molecule has 1 aromatic rings. The first-order chi connectivity index (χ1) is 9.99. The SMILES string of the molecule is Cc1nc(C(C)C)nc(SCCC2CCCO2)c1C(=O)O. The fourth-order valence-electron chi connectivity index (χ4n) is 2.34. The standard InChI is InChI=1S/C15H22N2O3S/c1-9(2)13-16-10(3)12(15(18)19)14(17-13)21-8-6-11-5-4-7-20-11/h9,11H,4-8H2,1-3H3,(H,18,19). The van der Waals surface area contributed by atoms with Crippen molar-refractivity contribution < 1.29 is 14.6 Å². The van der Waals surface area contributed by atoms with Crippen LogP contribution in [0.2, 0.25) is 0 Å². The van der Waals surface area contributed by atoms with Gasteiger partial charge in [-0.25, -0.2) is 14.8 Å². The number of ether oxygens (including phenoxy) is 1. The molecule has 6 heteroatoms. The van der Waals surface area contributed by atoms with Crippen LogP contribution in [0.15, 0.2) is 5.03 Å². The summed E-state index contributed by atoms with van der Waals surface area (Å²) in [6, 6.07) is 0. The molecule has 0 aliphatic carbocycles. The Morgan fingerprint density at radius 1 is 1.48 bits per heavy atom. The normalized spacial score (nSPS) is 18.4. The number of hydrogen-bond acceptors (Lipinski definition) is 5. The second-order valence-electron chi connectivity index (χ2n) is 5.58. The summed E-state index contributed by atoms with van der Waals surface area (Å²) in [5.41, 5.74) is 0.776. The lowest BCUT2D eigenvalue weighted by Gasteiger charge is -2.13. The monoisotopic (exact) mass is 310 g/mol. The first kappa shape index (κ1) is 16.2. The van der Waals surface area contributed by atoms with Gasteiger partial charge in [-0.2, -0.15) is 0 Å². The van der Waals surface area contributed by atoms with Crippen LogP contribution in [0.1, 0.15) is 60.9 Å². The minimum absolute atomic E-state index is 0.184. The van der Waals surface area contributed by atoms with E-state index in [0.29, 0.717) is 22.6 Å². The van der Waals surface area contributed by atoms with Crippen molar-refractivity contribution in [1.82, 2.24) is 9.97 Å². The maximum Gasteiger partial charge on any atom is 0.340 e. The summed E-state index contributed by atoms with van der Waals surface area (Å²) in [5.74, 6) is 0.752. The predicted molar refractivity (Wildman–Crippen MR) is 82.1 cm³/mol. The molecule has 0 aromatic carbocycles. The molecule has 5 nitrogen and oxygen atoms in total. The van der Waals surface area contributed by atoms with E-state index in [0.717, 1.165) is 31.6 Å². The summed E-state index contributed by atoms with van der Waals surface area (Å²) in [4.78, 5) is 20.2. The molecule has 0 saturated carbocycles. The highest BCUT2D eigenvalue weighted by molar-refractivity contribution is 7.99. The van der Waals surface area contributed by atoms with Crippen LogP contribution in [-0.2, 0) is 4.74 Å². The Bertz CT molecular complexity index is 514. The van der Waals surface area contributed by atoms with Gasteiger partial charge in [0.25, 0.3) is 0 Å². The zero-order valence-corrected chi connectivity index (χ0v) is 13.6. The van der Waals surface area contributed by atoms with Crippen LogP contribution < -0.4 is 0 Å². The number of aromatic nitrogens is 2. The minimum Gasteiger partial charge on any atom is -0.478 e. The van der Waals surface area contributed by atoms with Gasteiger partial charge in [-0.15, -0.1) is 11.8 Å². The van der Waals surface area contributed by atoms with Gasteiger partial charge in [-0.05, 0) is 26.2 Å². The molecule has 1 aromatic heterocycles. The molecule has 1 aliphatic heterocycles. The molecule has 1 fully saturated rings. The zero-order valence-electron chi connectivity index (χ0n) is 12.8. The first-order valence-electron chi connectivity index (χ1n) is 7.35. The number of thioether (sulfide) groups is 1.